The maximum absolute atomic E-state index is 14.3. The average molecular weight is 602 g/mol. The fourth-order valence-corrected chi connectivity index (χ4v) is 5.07. The molecule has 218 valence electrons. The SMILES string of the molecule is CCOC(=O)C1=C(CN2CC(F)(F)CCC2CN(C)CC(=O)O)NC(c2nccs2)=NC1.Fc1cccc(Cl)c1. The molecule has 2 aliphatic heterocycles. The van der Waals surface area contributed by atoms with Gasteiger partial charge >= 0.3 is 11.9 Å². The van der Waals surface area contributed by atoms with E-state index in [0.29, 0.717) is 33.7 Å². The Bertz CT molecular complexity index is 1210. The molecule has 14 heteroatoms. The Balaban J connectivity index is 0.000000472. The third kappa shape index (κ3) is 9.58. The Morgan fingerprint density at radius 3 is 2.75 bits per heavy atom. The van der Waals surface area contributed by atoms with E-state index in [9.17, 15) is 22.8 Å². The van der Waals surface area contributed by atoms with Crippen molar-refractivity contribution >= 4 is 40.7 Å². The van der Waals surface area contributed by atoms with Gasteiger partial charge in [0, 0.05) is 47.8 Å². The number of ether oxygens (including phenoxy) is 1. The molecule has 1 aromatic heterocycles. The zero-order valence-corrected chi connectivity index (χ0v) is 23.7. The summed E-state index contributed by atoms with van der Waals surface area (Å²) in [7, 11) is 1.65. The van der Waals surface area contributed by atoms with Crippen molar-refractivity contribution in [3.05, 3.63) is 63.0 Å². The number of thiazole rings is 1. The maximum atomic E-state index is 14.3. The number of nitrogens with one attached hydrogen (secondary N) is 1. The Morgan fingerprint density at radius 2 is 2.15 bits per heavy atom. The molecule has 0 amide bonds. The number of esters is 1. The zero-order chi connectivity index (χ0) is 29.3. The van der Waals surface area contributed by atoms with E-state index in [1.54, 1.807) is 47.5 Å². The molecule has 1 saturated heterocycles. The summed E-state index contributed by atoms with van der Waals surface area (Å²) >= 11 is 6.78. The molecule has 0 radical (unpaired) electrons. The third-order valence-electron chi connectivity index (χ3n) is 6.06. The summed E-state index contributed by atoms with van der Waals surface area (Å²) in [6.07, 6.45) is 1.58. The maximum Gasteiger partial charge on any atom is 0.337 e. The van der Waals surface area contributed by atoms with Crippen LogP contribution in [0.2, 0.25) is 5.02 Å². The lowest BCUT2D eigenvalue weighted by Crippen LogP contribution is -2.54. The van der Waals surface area contributed by atoms with Crippen LogP contribution in [0.15, 0.2) is 52.1 Å². The first-order valence-electron chi connectivity index (χ1n) is 12.5. The topological polar surface area (TPSA) is 107 Å². The number of likely N-dealkylation sites (tertiary alicyclic amines) is 1. The van der Waals surface area contributed by atoms with E-state index in [-0.39, 0.29) is 50.9 Å². The van der Waals surface area contributed by atoms with Crippen LogP contribution < -0.4 is 5.32 Å². The van der Waals surface area contributed by atoms with E-state index < -0.39 is 24.4 Å². The van der Waals surface area contributed by atoms with Crippen molar-refractivity contribution in [3.8, 4) is 0 Å². The van der Waals surface area contributed by atoms with Gasteiger partial charge in [-0.2, -0.15) is 0 Å². The molecular weight excluding hydrogens is 571 g/mol. The minimum atomic E-state index is -2.87. The quantitative estimate of drug-likeness (QED) is 0.417. The summed E-state index contributed by atoms with van der Waals surface area (Å²) in [6.45, 7) is 1.64. The number of rotatable bonds is 9. The number of aliphatic imine (C=N–C) groups is 1. The number of halogens is 4. The highest BCUT2D eigenvalue weighted by Crippen LogP contribution is 2.31. The summed E-state index contributed by atoms with van der Waals surface area (Å²) in [5, 5.41) is 15.0. The Labute approximate surface area is 239 Å². The van der Waals surface area contributed by atoms with Crippen molar-refractivity contribution in [3.63, 3.8) is 0 Å². The highest BCUT2D eigenvalue weighted by Gasteiger charge is 2.41. The van der Waals surface area contributed by atoms with Gasteiger partial charge in [0.25, 0.3) is 5.92 Å². The Kier molecular flexibility index (Phi) is 11.5. The second kappa shape index (κ2) is 14.6. The summed E-state index contributed by atoms with van der Waals surface area (Å²) in [5.41, 5.74) is 0.742. The molecule has 40 heavy (non-hydrogen) atoms. The molecule has 0 spiro atoms. The van der Waals surface area contributed by atoms with Crippen LogP contribution in [0.3, 0.4) is 0 Å². The molecule has 1 fully saturated rings. The largest absolute Gasteiger partial charge is 0.480 e. The minimum Gasteiger partial charge on any atom is -0.480 e. The number of amidine groups is 1. The van der Waals surface area contributed by atoms with Crippen molar-refractivity contribution in [2.75, 3.05) is 46.4 Å². The van der Waals surface area contributed by atoms with Crippen molar-refractivity contribution in [2.45, 2.75) is 31.7 Å². The van der Waals surface area contributed by atoms with E-state index in [2.05, 4.69) is 15.3 Å². The number of likely N-dealkylation sites (N-methyl/N-ethyl adjacent to an activating group) is 1. The summed E-state index contributed by atoms with van der Waals surface area (Å²) < 4.78 is 45.8. The second-order valence-corrected chi connectivity index (χ2v) is 10.6. The standard InChI is InChI=1S/C20H27F2N5O4S.C6H4ClF/c1-3-31-19(30)14-8-24-17(18-23-6-7-32-18)25-15(14)10-27-12-20(21,22)5-4-13(27)9-26(2)11-16(28)29;7-5-2-1-3-6(8)4-5/h6-7,13H,3-5,8-12H2,1-2H3,(H,24,25)(H,28,29);1-4H. The van der Waals surface area contributed by atoms with E-state index >= 15 is 0 Å². The van der Waals surface area contributed by atoms with Crippen LogP contribution in [0.4, 0.5) is 13.2 Å². The molecule has 2 N–H and O–H groups in total. The van der Waals surface area contributed by atoms with Gasteiger partial charge in [-0.05, 0) is 38.6 Å². The molecule has 2 aliphatic rings. The Hall–Kier alpha value is -3.00. The van der Waals surface area contributed by atoms with Crippen LogP contribution in [-0.4, -0.2) is 96.0 Å². The van der Waals surface area contributed by atoms with Crippen LogP contribution in [-0.2, 0) is 14.3 Å². The van der Waals surface area contributed by atoms with E-state index in [4.69, 9.17) is 21.4 Å². The first-order chi connectivity index (χ1) is 19.0. The highest BCUT2D eigenvalue weighted by atomic mass is 35.5. The number of carbonyl (C=O) groups excluding carboxylic acids is 1. The van der Waals surface area contributed by atoms with E-state index in [0.717, 1.165) is 0 Å². The number of aliphatic carboxylic acids is 1. The number of aromatic nitrogens is 1. The van der Waals surface area contributed by atoms with Crippen LogP contribution >= 0.6 is 22.9 Å². The van der Waals surface area contributed by atoms with E-state index in [1.807, 2.05) is 0 Å². The fourth-order valence-electron chi connectivity index (χ4n) is 4.29. The molecule has 9 nitrogen and oxygen atoms in total. The molecular formula is C26H31ClF3N5O4S. The number of nitrogens with zero attached hydrogens (tertiary/aromatic N) is 4. The molecule has 0 bridgehead atoms. The van der Waals surface area contributed by atoms with Crippen LogP contribution in [0, 0.1) is 5.82 Å². The predicted molar refractivity (Wildman–Crippen MR) is 146 cm³/mol. The number of carbonyl (C=O) groups is 2. The van der Waals surface area contributed by atoms with Gasteiger partial charge in [0.1, 0.15) is 5.82 Å². The lowest BCUT2D eigenvalue weighted by Gasteiger charge is -2.41. The molecule has 0 saturated carbocycles. The number of carboxylic acid groups (broad SMARTS) is 1. The predicted octanol–water partition coefficient (Wildman–Crippen LogP) is 3.91. The van der Waals surface area contributed by atoms with Crippen LogP contribution in [0.1, 0.15) is 24.8 Å². The minimum absolute atomic E-state index is 0.0553. The molecule has 1 atom stereocenters. The van der Waals surface area contributed by atoms with Gasteiger partial charge in [-0.15, -0.1) is 11.3 Å². The molecule has 4 rings (SSSR count). The molecule has 3 heterocycles. The average Bonchev–Trinajstić information content (AvgIpc) is 3.40. The van der Waals surface area contributed by atoms with Gasteiger partial charge in [0.05, 0.1) is 31.8 Å². The molecule has 2 aromatic rings. The second-order valence-electron chi connectivity index (χ2n) is 9.29. The van der Waals surface area contributed by atoms with Crippen LogP contribution in [0.5, 0.6) is 0 Å². The Morgan fingerprint density at radius 1 is 1.38 bits per heavy atom. The molecule has 0 aliphatic carbocycles. The number of piperidine rings is 1. The van der Waals surface area contributed by atoms with Gasteiger partial charge < -0.3 is 15.2 Å². The van der Waals surface area contributed by atoms with Crippen molar-refractivity contribution < 1.29 is 32.6 Å². The van der Waals surface area contributed by atoms with Gasteiger partial charge in [0.2, 0.25) is 0 Å². The lowest BCUT2D eigenvalue weighted by atomic mass is 9.97. The van der Waals surface area contributed by atoms with Gasteiger partial charge in [-0.3, -0.25) is 19.6 Å². The number of carboxylic acids is 1. The normalized spacial score (nSPS) is 18.9. The third-order valence-corrected chi connectivity index (χ3v) is 7.07. The summed E-state index contributed by atoms with van der Waals surface area (Å²) in [5.74, 6) is -4.21. The summed E-state index contributed by atoms with van der Waals surface area (Å²) in [6, 6.07) is 5.52. The first kappa shape index (κ1) is 31.5. The van der Waals surface area contributed by atoms with Gasteiger partial charge in [-0.1, -0.05) is 17.7 Å². The zero-order valence-electron chi connectivity index (χ0n) is 22.1. The van der Waals surface area contributed by atoms with Crippen LogP contribution in [0.25, 0.3) is 0 Å². The smallest absolute Gasteiger partial charge is 0.337 e. The lowest BCUT2D eigenvalue weighted by molar-refractivity contribution is -0.139. The molecule has 1 aromatic carbocycles. The van der Waals surface area contributed by atoms with Crippen molar-refractivity contribution in [2.24, 2.45) is 4.99 Å². The first-order valence-corrected chi connectivity index (χ1v) is 13.8. The highest BCUT2D eigenvalue weighted by molar-refractivity contribution is 7.11. The number of hydrogen-bond acceptors (Lipinski definition) is 9. The number of alkyl halides is 2. The van der Waals surface area contributed by atoms with Gasteiger partial charge in [0.15, 0.2) is 10.8 Å². The molecule has 1 unspecified atom stereocenters. The fraction of sp³-hybridized carbons (Fsp3) is 0.462. The number of benzene rings is 1. The summed E-state index contributed by atoms with van der Waals surface area (Å²) in [4.78, 5) is 35.3. The van der Waals surface area contributed by atoms with Gasteiger partial charge in [-0.25, -0.2) is 22.9 Å². The van der Waals surface area contributed by atoms with Crippen molar-refractivity contribution in [1.82, 2.24) is 20.1 Å². The van der Waals surface area contributed by atoms with Crippen molar-refractivity contribution in [1.29, 1.82) is 0 Å². The van der Waals surface area contributed by atoms with E-state index in [1.165, 1.54) is 23.5 Å². The number of hydrogen-bond donors (Lipinski definition) is 2. The monoisotopic (exact) mass is 601 g/mol.